The van der Waals surface area contributed by atoms with E-state index in [1.165, 1.54) is 35.5 Å². The molecule has 0 spiro atoms. The molecule has 0 unspecified atom stereocenters. The van der Waals surface area contributed by atoms with Crippen molar-refractivity contribution in [2.45, 2.75) is 11.5 Å². The number of nitrogens with zero attached hydrogens (tertiary/aromatic N) is 2. The SMILES string of the molecule is Cn1c(CSCc2c(F)cccc2Cl)cc(=O)n(C)c1=O. The number of benzene rings is 1. The van der Waals surface area contributed by atoms with Crippen LogP contribution in [-0.4, -0.2) is 9.13 Å². The first-order valence-electron chi connectivity index (χ1n) is 6.18. The second kappa shape index (κ2) is 6.49. The Labute approximate surface area is 130 Å². The van der Waals surface area contributed by atoms with Gasteiger partial charge in [0.15, 0.2) is 0 Å². The number of hydrogen-bond donors (Lipinski definition) is 0. The molecule has 2 aromatic rings. The van der Waals surface area contributed by atoms with E-state index in [1.54, 1.807) is 19.2 Å². The van der Waals surface area contributed by atoms with Crippen molar-refractivity contribution in [2.24, 2.45) is 14.1 Å². The van der Waals surface area contributed by atoms with Crippen LogP contribution in [0, 0.1) is 5.82 Å². The zero-order valence-electron chi connectivity index (χ0n) is 11.6. The summed E-state index contributed by atoms with van der Waals surface area (Å²) in [6.07, 6.45) is 0. The molecule has 0 aliphatic carbocycles. The van der Waals surface area contributed by atoms with Crippen molar-refractivity contribution in [1.82, 2.24) is 9.13 Å². The van der Waals surface area contributed by atoms with Crippen LogP contribution < -0.4 is 11.2 Å². The van der Waals surface area contributed by atoms with Gasteiger partial charge in [-0.05, 0) is 12.1 Å². The van der Waals surface area contributed by atoms with Gasteiger partial charge in [-0.25, -0.2) is 9.18 Å². The van der Waals surface area contributed by atoms with E-state index in [9.17, 15) is 14.0 Å². The average molecular weight is 329 g/mol. The Kier molecular flexibility index (Phi) is 4.90. The maximum atomic E-state index is 13.6. The highest BCUT2D eigenvalue weighted by Crippen LogP contribution is 2.25. The maximum absolute atomic E-state index is 13.6. The van der Waals surface area contributed by atoms with E-state index >= 15 is 0 Å². The summed E-state index contributed by atoms with van der Waals surface area (Å²) in [5.41, 5.74) is 0.304. The highest BCUT2D eigenvalue weighted by molar-refractivity contribution is 7.97. The molecule has 0 N–H and O–H groups in total. The lowest BCUT2D eigenvalue weighted by atomic mass is 10.2. The van der Waals surface area contributed by atoms with Gasteiger partial charge in [-0.2, -0.15) is 11.8 Å². The molecule has 1 aromatic carbocycles. The molecule has 0 saturated heterocycles. The number of halogens is 2. The molecule has 7 heteroatoms. The lowest BCUT2D eigenvalue weighted by Crippen LogP contribution is -2.37. The van der Waals surface area contributed by atoms with Crippen molar-refractivity contribution in [3.05, 3.63) is 67.2 Å². The topological polar surface area (TPSA) is 44.0 Å². The summed E-state index contributed by atoms with van der Waals surface area (Å²) in [7, 11) is 3.04. The summed E-state index contributed by atoms with van der Waals surface area (Å²) >= 11 is 7.34. The fourth-order valence-corrected chi connectivity index (χ4v) is 3.24. The van der Waals surface area contributed by atoms with Crippen LogP contribution in [0.15, 0.2) is 33.9 Å². The van der Waals surface area contributed by atoms with E-state index < -0.39 is 0 Å². The molecular formula is C14H14ClFN2O2S. The van der Waals surface area contributed by atoms with E-state index in [0.717, 1.165) is 4.57 Å². The largest absolute Gasteiger partial charge is 0.330 e. The molecule has 2 rings (SSSR count). The van der Waals surface area contributed by atoms with Gasteiger partial charge in [0.1, 0.15) is 5.82 Å². The smallest absolute Gasteiger partial charge is 0.300 e. The summed E-state index contributed by atoms with van der Waals surface area (Å²) in [6.45, 7) is 0. The molecule has 0 fully saturated rings. The molecule has 1 aromatic heterocycles. The lowest BCUT2D eigenvalue weighted by molar-refractivity contribution is 0.617. The summed E-state index contributed by atoms with van der Waals surface area (Å²) in [5.74, 6) is 0.439. The van der Waals surface area contributed by atoms with Crippen LogP contribution in [0.4, 0.5) is 4.39 Å². The van der Waals surface area contributed by atoms with Gasteiger partial charge >= 0.3 is 5.69 Å². The first kappa shape index (κ1) is 15.9. The molecule has 21 heavy (non-hydrogen) atoms. The molecule has 4 nitrogen and oxygen atoms in total. The zero-order valence-corrected chi connectivity index (χ0v) is 13.2. The third-order valence-corrected chi connectivity index (χ3v) is 4.53. The van der Waals surface area contributed by atoms with Crippen LogP contribution in [0.2, 0.25) is 5.02 Å². The zero-order chi connectivity index (χ0) is 15.6. The molecule has 1 heterocycles. The van der Waals surface area contributed by atoms with Gasteiger partial charge in [-0.15, -0.1) is 0 Å². The predicted octanol–water partition coefficient (Wildman–Crippen LogP) is 2.31. The van der Waals surface area contributed by atoms with Crippen LogP contribution in [0.25, 0.3) is 0 Å². The Hall–Kier alpha value is -1.53. The molecule has 0 saturated carbocycles. The number of hydrogen-bond acceptors (Lipinski definition) is 3. The Balaban J connectivity index is 2.15. The lowest BCUT2D eigenvalue weighted by Gasteiger charge is -2.10. The first-order chi connectivity index (χ1) is 9.91. The van der Waals surface area contributed by atoms with Crippen molar-refractivity contribution < 1.29 is 4.39 Å². The number of aromatic nitrogens is 2. The molecule has 0 aliphatic rings. The van der Waals surface area contributed by atoms with Crippen molar-refractivity contribution in [3.8, 4) is 0 Å². The fraction of sp³-hybridized carbons (Fsp3) is 0.286. The van der Waals surface area contributed by atoms with Gasteiger partial charge in [0.05, 0.1) is 0 Å². The van der Waals surface area contributed by atoms with E-state index in [-0.39, 0.29) is 17.1 Å². The summed E-state index contributed by atoms with van der Waals surface area (Å²) in [5, 5.41) is 0.375. The van der Waals surface area contributed by atoms with E-state index in [0.29, 0.717) is 27.8 Å². The van der Waals surface area contributed by atoms with Gasteiger partial charge in [0, 0.05) is 47.9 Å². The molecule has 0 amide bonds. The second-order valence-electron chi connectivity index (χ2n) is 4.57. The molecule has 0 bridgehead atoms. The van der Waals surface area contributed by atoms with Gasteiger partial charge in [-0.1, -0.05) is 17.7 Å². The van der Waals surface area contributed by atoms with Crippen molar-refractivity contribution in [2.75, 3.05) is 0 Å². The van der Waals surface area contributed by atoms with Crippen LogP contribution in [0.5, 0.6) is 0 Å². The molecule has 0 atom stereocenters. The molecule has 0 aliphatic heterocycles. The van der Waals surface area contributed by atoms with Crippen LogP contribution >= 0.6 is 23.4 Å². The normalized spacial score (nSPS) is 10.9. The van der Waals surface area contributed by atoms with Gasteiger partial charge in [-0.3, -0.25) is 13.9 Å². The van der Waals surface area contributed by atoms with Gasteiger partial charge in [0.2, 0.25) is 0 Å². The van der Waals surface area contributed by atoms with Crippen LogP contribution in [-0.2, 0) is 25.6 Å². The quantitative estimate of drug-likeness (QED) is 0.865. The summed E-state index contributed by atoms with van der Waals surface area (Å²) in [4.78, 5) is 23.4. The molecular weight excluding hydrogens is 315 g/mol. The summed E-state index contributed by atoms with van der Waals surface area (Å²) < 4.78 is 16.1. The van der Waals surface area contributed by atoms with Crippen LogP contribution in [0.3, 0.4) is 0 Å². The monoisotopic (exact) mass is 328 g/mol. The molecule has 0 radical (unpaired) electrons. The highest BCUT2D eigenvalue weighted by atomic mass is 35.5. The minimum atomic E-state index is -0.373. The third kappa shape index (κ3) is 3.39. The minimum absolute atomic E-state index is 0.349. The van der Waals surface area contributed by atoms with Crippen molar-refractivity contribution >= 4 is 23.4 Å². The average Bonchev–Trinajstić information content (AvgIpc) is 2.45. The van der Waals surface area contributed by atoms with Gasteiger partial charge in [0.25, 0.3) is 5.56 Å². The first-order valence-corrected chi connectivity index (χ1v) is 7.71. The Morgan fingerprint density at radius 1 is 1.19 bits per heavy atom. The molecule has 112 valence electrons. The Morgan fingerprint density at radius 3 is 2.57 bits per heavy atom. The standard InChI is InChI=1S/C14H14ClFN2O2S/c1-17-9(6-13(19)18(2)14(17)20)7-21-8-10-11(15)4-3-5-12(10)16/h3-6H,7-8H2,1-2H3. The van der Waals surface area contributed by atoms with E-state index in [2.05, 4.69) is 0 Å². The summed E-state index contributed by atoms with van der Waals surface area (Å²) in [6, 6.07) is 5.96. The fourth-order valence-electron chi connectivity index (χ4n) is 1.84. The Morgan fingerprint density at radius 2 is 1.90 bits per heavy atom. The maximum Gasteiger partial charge on any atom is 0.330 e. The van der Waals surface area contributed by atoms with Crippen molar-refractivity contribution in [1.29, 1.82) is 0 Å². The number of thioether (sulfide) groups is 1. The second-order valence-corrected chi connectivity index (χ2v) is 5.96. The Bertz CT molecular complexity index is 765. The van der Waals surface area contributed by atoms with E-state index in [4.69, 9.17) is 11.6 Å². The third-order valence-electron chi connectivity index (χ3n) is 3.18. The predicted molar refractivity (Wildman–Crippen MR) is 83.3 cm³/mol. The van der Waals surface area contributed by atoms with Crippen LogP contribution in [0.1, 0.15) is 11.3 Å². The number of rotatable bonds is 4. The van der Waals surface area contributed by atoms with E-state index in [1.807, 2.05) is 0 Å². The van der Waals surface area contributed by atoms with Crippen molar-refractivity contribution in [3.63, 3.8) is 0 Å². The highest BCUT2D eigenvalue weighted by Gasteiger charge is 2.09. The van der Waals surface area contributed by atoms with Gasteiger partial charge < -0.3 is 0 Å². The minimum Gasteiger partial charge on any atom is -0.300 e.